The Kier molecular flexibility index (Phi) is 5.36. The number of anilines is 1. The third kappa shape index (κ3) is 4.27. The number of benzene rings is 1. The van der Waals surface area contributed by atoms with Gasteiger partial charge in [-0.3, -0.25) is 4.68 Å². The van der Waals surface area contributed by atoms with E-state index in [9.17, 15) is 13.2 Å². The van der Waals surface area contributed by atoms with Crippen molar-refractivity contribution < 1.29 is 17.9 Å². The summed E-state index contributed by atoms with van der Waals surface area (Å²) in [6.07, 6.45) is 1.89. The van der Waals surface area contributed by atoms with Gasteiger partial charge in [-0.25, -0.2) is 14.5 Å². The summed E-state index contributed by atoms with van der Waals surface area (Å²) in [6, 6.07) is 13.5. The van der Waals surface area contributed by atoms with Crippen LogP contribution >= 0.6 is 0 Å². The maximum atomic E-state index is 13.2. The Morgan fingerprint density at radius 1 is 0.971 bits per heavy atom. The number of nitrogen functional groups attached to an aromatic ring is 1. The molecule has 172 valence electrons. The minimum atomic E-state index is -4.61. The van der Waals surface area contributed by atoms with E-state index < -0.39 is 17.6 Å². The predicted molar refractivity (Wildman–Crippen MR) is 119 cm³/mol. The summed E-state index contributed by atoms with van der Waals surface area (Å²) in [7, 11) is 0. The number of imidazole rings is 1. The predicted octanol–water partition coefficient (Wildman–Crippen LogP) is 4.33. The van der Waals surface area contributed by atoms with E-state index in [0.717, 1.165) is 11.6 Å². The van der Waals surface area contributed by atoms with Crippen LogP contribution < -0.4 is 10.5 Å². The minimum absolute atomic E-state index is 0.198. The molecule has 0 saturated heterocycles. The normalized spacial score (nSPS) is 11.7. The molecule has 34 heavy (non-hydrogen) atoms. The van der Waals surface area contributed by atoms with Gasteiger partial charge in [0.1, 0.15) is 18.2 Å². The Balaban J connectivity index is 1.40. The number of halogens is 3. The van der Waals surface area contributed by atoms with E-state index in [4.69, 9.17) is 10.5 Å². The van der Waals surface area contributed by atoms with Gasteiger partial charge in [-0.05, 0) is 48.5 Å². The lowest BCUT2D eigenvalue weighted by molar-refractivity contribution is -0.137. The van der Waals surface area contributed by atoms with Gasteiger partial charge < -0.3 is 10.5 Å². The average Bonchev–Trinajstić information content (AvgIpc) is 3.49. The van der Waals surface area contributed by atoms with Gasteiger partial charge in [-0.1, -0.05) is 0 Å². The van der Waals surface area contributed by atoms with Crippen LogP contribution in [0.5, 0.6) is 5.75 Å². The van der Waals surface area contributed by atoms with Crippen LogP contribution in [-0.2, 0) is 12.7 Å². The van der Waals surface area contributed by atoms with Gasteiger partial charge in [0.25, 0.3) is 0 Å². The van der Waals surface area contributed by atoms with Gasteiger partial charge in [0.05, 0.1) is 29.7 Å². The molecule has 5 rings (SSSR count). The average molecular weight is 465 g/mol. The fourth-order valence-corrected chi connectivity index (χ4v) is 3.48. The Morgan fingerprint density at radius 2 is 1.79 bits per heavy atom. The minimum Gasteiger partial charge on any atom is -0.492 e. The van der Waals surface area contributed by atoms with Crippen molar-refractivity contribution in [2.75, 3.05) is 12.3 Å². The number of hydrogen-bond donors (Lipinski definition) is 1. The van der Waals surface area contributed by atoms with Gasteiger partial charge in [-0.2, -0.15) is 23.4 Å². The van der Waals surface area contributed by atoms with Crippen LogP contribution in [0.15, 0.2) is 73.3 Å². The van der Waals surface area contributed by atoms with Crippen LogP contribution in [0.3, 0.4) is 0 Å². The largest absolute Gasteiger partial charge is 0.492 e. The molecule has 1 aromatic carbocycles. The second kappa shape index (κ2) is 8.50. The lowest BCUT2D eigenvalue weighted by Crippen LogP contribution is -2.10. The molecule has 0 fully saturated rings. The monoisotopic (exact) mass is 465 g/mol. The quantitative estimate of drug-likeness (QED) is 0.401. The third-order valence-electron chi connectivity index (χ3n) is 5.18. The van der Waals surface area contributed by atoms with Crippen molar-refractivity contribution in [1.82, 2.24) is 29.4 Å². The molecule has 0 radical (unpaired) electrons. The highest BCUT2D eigenvalue weighted by atomic mass is 19.4. The number of fused-ring (bicyclic) bond motifs is 1. The lowest BCUT2D eigenvalue weighted by atomic mass is 10.1. The molecule has 4 aromatic heterocycles. The van der Waals surface area contributed by atoms with Crippen molar-refractivity contribution in [2.45, 2.75) is 12.7 Å². The van der Waals surface area contributed by atoms with Crippen molar-refractivity contribution in [2.24, 2.45) is 0 Å². The van der Waals surface area contributed by atoms with Gasteiger partial charge in [-0.15, -0.1) is 0 Å². The molecule has 0 amide bonds. The number of pyridine rings is 1. The molecule has 0 aliphatic rings. The van der Waals surface area contributed by atoms with Gasteiger partial charge in [0, 0.05) is 29.7 Å². The third-order valence-corrected chi connectivity index (χ3v) is 5.18. The van der Waals surface area contributed by atoms with Crippen LogP contribution in [0.4, 0.5) is 19.0 Å². The van der Waals surface area contributed by atoms with E-state index in [1.165, 1.54) is 6.20 Å². The lowest BCUT2D eigenvalue weighted by Gasteiger charge is -2.11. The SMILES string of the molecule is Nc1ncc(-c2ccc3ncc(-c4ccc(OCCn5cccn5)cc4)n3n2)cc1C(F)(F)F. The molecule has 4 heterocycles. The molecule has 0 unspecified atom stereocenters. The zero-order valence-corrected chi connectivity index (χ0v) is 17.6. The number of nitrogens with two attached hydrogens (primary N) is 1. The molecule has 5 aromatic rings. The van der Waals surface area contributed by atoms with Crippen LogP contribution in [-0.4, -0.2) is 36.0 Å². The Bertz CT molecular complexity index is 1430. The number of aromatic nitrogens is 6. The molecule has 0 aliphatic carbocycles. The molecule has 0 bridgehead atoms. The molecule has 0 saturated carbocycles. The van der Waals surface area contributed by atoms with Gasteiger partial charge in [0.2, 0.25) is 0 Å². The number of ether oxygens (including phenoxy) is 1. The zero-order valence-electron chi connectivity index (χ0n) is 17.6. The summed E-state index contributed by atoms with van der Waals surface area (Å²) in [5, 5.41) is 8.63. The van der Waals surface area contributed by atoms with Crippen molar-refractivity contribution in [3.05, 3.63) is 78.9 Å². The maximum absolute atomic E-state index is 13.2. The Labute approximate surface area is 191 Å². The van der Waals surface area contributed by atoms with Crippen LogP contribution in [0, 0.1) is 0 Å². The summed E-state index contributed by atoms with van der Waals surface area (Å²) >= 11 is 0. The van der Waals surface area contributed by atoms with Crippen molar-refractivity contribution in [3.63, 3.8) is 0 Å². The molecule has 0 aliphatic heterocycles. The van der Waals surface area contributed by atoms with E-state index >= 15 is 0 Å². The fraction of sp³-hybridized carbons (Fsp3) is 0.130. The number of alkyl halides is 3. The smallest absolute Gasteiger partial charge is 0.419 e. The molecule has 0 spiro atoms. The highest BCUT2D eigenvalue weighted by Crippen LogP contribution is 2.35. The Hall–Kier alpha value is -4.41. The zero-order chi connectivity index (χ0) is 23.7. The first-order valence-electron chi connectivity index (χ1n) is 10.3. The van der Waals surface area contributed by atoms with E-state index in [0.29, 0.717) is 35.9 Å². The summed E-state index contributed by atoms with van der Waals surface area (Å²) in [5.41, 5.74) is 6.98. The Morgan fingerprint density at radius 3 is 2.53 bits per heavy atom. The molecule has 2 N–H and O–H groups in total. The highest BCUT2D eigenvalue weighted by molar-refractivity contribution is 5.67. The van der Waals surface area contributed by atoms with Gasteiger partial charge >= 0.3 is 6.18 Å². The van der Waals surface area contributed by atoms with Crippen LogP contribution in [0.25, 0.3) is 28.2 Å². The summed E-state index contributed by atoms with van der Waals surface area (Å²) in [4.78, 5) is 8.04. The molecule has 0 atom stereocenters. The van der Waals surface area contributed by atoms with Crippen LogP contribution in [0.1, 0.15) is 5.56 Å². The van der Waals surface area contributed by atoms with Gasteiger partial charge in [0.15, 0.2) is 5.65 Å². The van der Waals surface area contributed by atoms with E-state index in [-0.39, 0.29) is 5.56 Å². The number of rotatable bonds is 6. The first-order chi connectivity index (χ1) is 16.4. The maximum Gasteiger partial charge on any atom is 0.419 e. The van der Waals surface area contributed by atoms with Crippen molar-refractivity contribution >= 4 is 11.5 Å². The van der Waals surface area contributed by atoms with Crippen molar-refractivity contribution in [3.8, 4) is 28.3 Å². The number of hydrogen-bond acceptors (Lipinski definition) is 6. The number of nitrogens with zero attached hydrogens (tertiary/aromatic N) is 6. The topological polar surface area (TPSA) is 96.2 Å². The molecule has 11 heteroatoms. The van der Waals surface area contributed by atoms with E-state index in [1.54, 1.807) is 33.7 Å². The van der Waals surface area contributed by atoms with Crippen LogP contribution in [0.2, 0.25) is 0 Å². The summed E-state index contributed by atoms with van der Waals surface area (Å²) < 4.78 is 48.8. The molecule has 8 nitrogen and oxygen atoms in total. The second-order valence-electron chi connectivity index (χ2n) is 7.43. The standard InChI is InChI=1S/C23H18F3N7O/c24-23(25,26)18-12-16(13-29-22(18)27)19-6-7-21-28-14-20(33(21)31-19)15-2-4-17(5-3-15)34-11-10-32-9-1-8-30-32/h1-9,12-14H,10-11H2,(H2,27,29). The van der Waals surface area contributed by atoms with E-state index in [1.807, 2.05) is 36.5 Å². The first-order valence-corrected chi connectivity index (χ1v) is 10.3. The second-order valence-corrected chi connectivity index (χ2v) is 7.43. The fourth-order valence-electron chi connectivity index (χ4n) is 3.48. The first kappa shape index (κ1) is 21.4. The highest BCUT2D eigenvalue weighted by Gasteiger charge is 2.34. The molecular formula is C23H18F3N7O. The van der Waals surface area contributed by atoms with Crippen molar-refractivity contribution in [1.29, 1.82) is 0 Å². The van der Waals surface area contributed by atoms with E-state index in [2.05, 4.69) is 20.2 Å². The summed E-state index contributed by atoms with van der Waals surface area (Å²) in [5.74, 6) is 0.124. The molecular weight excluding hydrogens is 447 g/mol. The summed E-state index contributed by atoms with van der Waals surface area (Å²) in [6.45, 7) is 1.10.